The molecule has 1 aliphatic rings. The normalized spacial score (nSPS) is 24.1. The van der Waals surface area contributed by atoms with E-state index in [1.165, 1.54) is 32.1 Å². The van der Waals surface area contributed by atoms with Crippen LogP contribution in [0, 0.1) is 11.8 Å². The molecule has 1 aliphatic carbocycles. The van der Waals surface area contributed by atoms with Gasteiger partial charge in [0.1, 0.15) is 5.60 Å². The van der Waals surface area contributed by atoms with E-state index < -0.39 is 5.60 Å². The van der Waals surface area contributed by atoms with Gasteiger partial charge in [-0.25, -0.2) is 4.79 Å². The lowest BCUT2D eigenvalue weighted by atomic mass is 9.84. The number of alkyl carbamates (subject to hydrolysis) is 1. The first kappa shape index (κ1) is 19.3. The molecule has 0 saturated heterocycles. The van der Waals surface area contributed by atoms with Gasteiger partial charge in [-0.1, -0.05) is 27.2 Å². The molecule has 0 aromatic carbocycles. The molecule has 1 unspecified atom stereocenters. The van der Waals surface area contributed by atoms with Gasteiger partial charge < -0.3 is 15.4 Å². The minimum Gasteiger partial charge on any atom is -0.444 e. The molecule has 1 saturated carbocycles. The first-order chi connectivity index (χ1) is 10.2. The van der Waals surface area contributed by atoms with E-state index >= 15 is 0 Å². The maximum atomic E-state index is 11.9. The van der Waals surface area contributed by atoms with Crippen LogP contribution in [0.1, 0.15) is 73.6 Å². The van der Waals surface area contributed by atoms with Crippen LogP contribution in [0.25, 0.3) is 0 Å². The van der Waals surface area contributed by atoms with Crippen LogP contribution in [0.2, 0.25) is 0 Å². The molecule has 0 heterocycles. The van der Waals surface area contributed by atoms with Crippen molar-refractivity contribution in [3.63, 3.8) is 0 Å². The number of hydrogen-bond acceptors (Lipinski definition) is 3. The van der Waals surface area contributed by atoms with E-state index in [2.05, 4.69) is 31.4 Å². The van der Waals surface area contributed by atoms with Crippen LogP contribution in [0.3, 0.4) is 0 Å². The van der Waals surface area contributed by atoms with Crippen molar-refractivity contribution < 1.29 is 9.53 Å². The Morgan fingerprint density at radius 3 is 2.23 bits per heavy atom. The van der Waals surface area contributed by atoms with Gasteiger partial charge in [0.25, 0.3) is 0 Å². The minimum atomic E-state index is -0.447. The Balaban J connectivity index is 2.37. The van der Waals surface area contributed by atoms with Crippen LogP contribution in [0.5, 0.6) is 0 Å². The zero-order valence-electron chi connectivity index (χ0n) is 15.4. The Bertz CT molecular complexity index is 328. The third-order valence-corrected chi connectivity index (χ3v) is 4.56. The summed E-state index contributed by atoms with van der Waals surface area (Å²) in [5.41, 5.74) is -0.447. The van der Waals surface area contributed by atoms with E-state index in [0.29, 0.717) is 12.0 Å². The molecule has 2 N–H and O–H groups in total. The molecule has 0 aromatic rings. The predicted molar refractivity (Wildman–Crippen MR) is 92.0 cm³/mol. The fourth-order valence-corrected chi connectivity index (χ4v) is 2.98. The van der Waals surface area contributed by atoms with E-state index in [4.69, 9.17) is 4.74 Å². The highest BCUT2D eigenvalue weighted by Crippen LogP contribution is 2.26. The molecule has 1 amide bonds. The van der Waals surface area contributed by atoms with Crippen LogP contribution >= 0.6 is 0 Å². The highest BCUT2D eigenvalue weighted by Gasteiger charge is 2.24. The summed E-state index contributed by atoms with van der Waals surface area (Å²) in [6.07, 6.45) is 6.18. The molecule has 0 radical (unpaired) electrons. The zero-order valence-corrected chi connectivity index (χ0v) is 15.4. The van der Waals surface area contributed by atoms with Crippen LogP contribution in [-0.4, -0.2) is 30.3 Å². The van der Waals surface area contributed by atoms with Crippen molar-refractivity contribution in [2.45, 2.75) is 91.3 Å². The molecule has 0 aliphatic heterocycles. The smallest absolute Gasteiger partial charge is 0.407 e. The van der Waals surface area contributed by atoms with Crippen molar-refractivity contribution in [2.24, 2.45) is 11.8 Å². The summed E-state index contributed by atoms with van der Waals surface area (Å²) < 4.78 is 5.36. The molecular weight excluding hydrogens is 276 g/mol. The van der Waals surface area contributed by atoms with E-state index in [1.807, 2.05) is 20.8 Å². The third-order valence-electron chi connectivity index (χ3n) is 4.56. The van der Waals surface area contributed by atoms with Gasteiger partial charge in [0, 0.05) is 18.6 Å². The van der Waals surface area contributed by atoms with Gasteiger partial charge in [0.05, 0.1) is 0 Å². The Kier molecular flexibility index (Phi) is 7.67. The number of amides is 1. The van der Waals surface area contributed by atoms with Gasteiger partial charge in [-0.05, 0) is 58.3 Å². The lowest BCUT2D eigenvalue weighted by Gasteiger charge is -2.31. The summed E-state index contributed by atoms with van der Waals surface area (Å²) in [6.45, 7) is 13.1. The second-order valence-electron chi connectivity index (χ2n) is 8.03. The molecule has 1 fully saturated rings. The maximum Gasteiger partial charge on any atom is 0.407 e. The van der Waals surface area contributed by atoms with Gasteiger partial charge in [-0.3, -0.25) is 0 Å². The number of carbonyl (C=O) groups excluding carboxylic acids is 1. The van der Waals surface area contributed by atoms with Crippen LogP contribution < -0.4 is 10.6 Å². The fourth-order valence-electron chi connectivity index (χ4n) is 2.98. The molecule has 22 heavy (non-hydrogen) atoms. The molecule has 0 bridgehead atoms. The van der Waals surface area contributed by atoms with Crippen molar-refractivity contribution in [1.29, 1.82) is 0 Å². The van der Waals surface area contributed by atoms with Gasteiger partial charge in [-0.2, -0.15) is 0 Å². The summed E-state index contributed by atoms with van der Waals surface area (Å²) in [5.74, 6) is 1.30. The largest absolute Gasteiger partial charge is 0.444 e. The average Bonchev–Trinajstić information content (AvgIpc) is 2.41. The molecule has 4 heteroatoms. The van der Waals surface area contributed by atoms with Crippen LogP contribution in [0.15, 0.2) is 0 Å². The van der Waals surface area contributed by atoms with Crippen molar-refractivity contribution in [3.8, 4) is 0 Å². The summed E-state index contributed by atoms with van der Waals surface area (Å²) in [6, 6.07) is 0.711. The molecular formula is C18H36N2O2. The van der Waals surface area contributed by atoms with E-state index in [1.54, 1.807) is 0 Å². The number of nitrogens with one attached hydrogen (secondary N) is 2. The molecule has 4 nitrogen and oxygen atoms in total. The van der Waals surface area contributed by atoms with Crippen molar-refractivity contribution in [1.82, 2.24) is 10.6 Å². The fraction of sp³-hybridized carbons (Fsp3) is 0.944. The Hall–Kier alpha value is -0.770. The van der Waals surface area contributed by atoms with E-state index in [-0.39, 0.29) is 12.1 Å². The SMILES string of the molecule is CCC1CCC(NCC(NC(=O)OC(C)(C)C)C(C)C)CC1. The summed E-state index contributed by atoms with van der Waals surface area (Å²) in [7, 11) is 0. The lowest BCUT2D eigenvalue weighted by Crippen LogP contribution is -2.49. The zero-order chi connectivity index (χ0) is 16.8. The highest BCUT2D eigenvalue weighted by atomic mass is 16.6. The maximum absolute atomic E-state index is 11.9. The molecule has 1 rings (SSSR count). The van der Waals surface area contributed by atoms with Crippen molar-refractivity contribution >= 4 is 6.09 Å². The second kappa shape index (κ2) is 8.76. The van der Waals surface area contributed by atoms with E-state index in [0.717, 1.165) is 12.5 Å². The lowest BCUT2D eigenvalue weighted by molar-refractivity contribution is 0.0488. The first-order valence-electron chi connectivity index (χ1n) is 8.94. The van der Waals surface area contributed by atoms with Gasteiger partial charge in [0.15, 0.2) is 0 Å². The van der Waals surface area contributed by atoms with Crippen LogP contribution in [0.4, 0.5) is 4.79 Å². The number of ether oxygens (including phenoxy) is 1. The standard InChI is InChI=1S/C18H36N2O2/c1-7-14-8-10-15(11-9-14)19-12-16(13(2)3)20-17(21)22-18(4,5)6/h13-16,19H,7-12H2,1-6H3,(H,20,21). The quantitative estimate of drug-likeness (QED) is 0.776. The Labute approximate surface area is 136 Å². The molecule has 130 valence electrons. The van der Waals surface area contributed by atoms with Gasteiger partial charge in [-0.15, -0.1) is 0 Å². The minimum absolute atomic E-state index is 0.110. The summed E-state index contributed by atoms with van der Waals surface area (Å²) in [5, 5.41) is 6.65. The first-order valence-corrected chi connectivity index (χ1v) is 8.94. The van der Waals surface area contributed by atoms with Crippen molar-refractivity contribution in [2.75, 3.05) is 6.54 Å². The van der Waals surface area contributed by atoms with E-state index in [9.17, 15) is 4.79 Å². The Morgan fingerprint density at radius 1 is 1.18 bits per heavy atom. The number of rotatable bonds is 6. The van der Waals surface area contributed by atoms with Crippen LogP contribution in [-0.2, 0) is 4.74 Å². The molecule has 0 aromatic heterocycles. The van der Waals surface area contributed by atoms with Crippen molar-refractivity contribution in [3.05, 3.63) is 0 Å². The summed E-state index contributed by atoms with van der Waals surface area (Å²) in [4.78, 5) is 11.9. The topological polar surface area (TPSA) is 50.4 Å². The second-order valence-corrected chi connectivity index (χ2v) is 8.03. The molecule has 1 atom stereocenters. The monoisotopic (exact) mass is 312 g/mol. The van der Waals surface area contributed by atoms with Gasteiger partial charge >= 0.3 is 6.09 Å². The number of carbonyl (C=O) groups is 1. The average molecular weight is 312 g/mol. The summed E-state index contributed by atoms with van der Waals surface area (Å²) >= 11 is 0. The predicted octanol–water partition coefficient (Wildman–Crippen LogP) is 4.09. The third kappa shape index (κ3) is 7.48. The highest BCUT2D eigenvalue weighted by molar-refractivity contribution is 5.68. The number of hydrogen-bond donors (Lipinski definition) is 2. The Morgan fingerprint density at radius 2 is 1.77 bits per heavy atom. The molecule has 0 spiro atoms. The van der Waals surface area contributed by atoms with Gasteiger partial charge in [0.2, 0.25) is 0 Å².